The number of rotatable bonds is 3. The number of ether oxygens (including phenoxy) is 2. The maximum Gasteiger partial charge on any atom is 0.369 e. The van der Waals surface area contributed by atoms with Crippen LogP contribution in [0.3, 0.4) is 0 Å². The number of carbonyl (C=O) groups is 2. The summed E-state index contributed by atoms with van der Waals surface area (Å²) in [5.41, 5.74) is 4.32. The molecule has 2 N–H and O–H groups in total. The predicted molar refractivity (Wildman–Crippen MR) is 49.7 cm³/mol. The van der Waals surface area contributed by atoms with Crippen molar-refractivity contribution in [1.29, 1.82) is 0 Å². The molecule has 0 radical (unpaired) electrons. The Hall–Kier alpha value is -0.370. The van der Waals surface area contributed by atoms with E-state index in [4.69, 9.17) is 5.73 Å². The summed E-state index contributed by atoms with van der Waals surface area (Å²) in [6, 6.07) is 0. The van der Waals surface area contributed by atoms with E-state index in [0.717, 1.165) is 0 Å². The molecule has 0 aliphatic carbocycles. The van der Waals surface area contributed by atoms with Crippen molar-refractivity contribution >= 4 is 32.5 Å². The van der Waals surface area contributed by atoms with Crippen LogP contribution in [0.5, 0.6) is 0 Å². The third kappa shape index (κ3) is 5.30. The van der Waals surface area contributed by atoms with Crippen LogP contribution in [0.1, 0.15) is 13.8 Å². The Kier molecular flexibility index (Phi) is 4.46. The van der Waals surface area contributed by atoms with Crippen molar-refractivity contribution in [2.24, 2.45) is 5.73 Å². The molecule has 0 saturated carbocycles. The van der Waals surface area contributed by atoms with Crippen LogP contribution in [0.25, 0.3) is 0 Å². The molecule has 6 heteroatoms. The fourth-order valence-electron chi connectivity index (χ4n) is 0.315. The third-order valence-corrected chi connectivity index (χ3v) is 1.20. The van der Waals surface area contributed by atoms with Crippen LogP contribution in [0.4, 0.5) is 4.79 Å². The average molecular weight is 287 g/mol. The van der Waals surface area contributed by atoms with Gasteiger partial charge in [0.1, 0.15) is 5.54 Å². The first-order chi connectivity index (χ1) is 5.34. The highest BCUT2D eigenvalue weighted by Crippen LogP contribution is 2.00. The average Bonchev–Trinajstić information content (AvgIpc) is 1.84. The van der Waals surface area contributed by atoms with E-state index in [1.54, 1.807) is 0 Å². The van der Waals surface area contributed by atoms with Crippen LogP contribution in [-0.2, 0) is 14.3 Å². The van der Waals surface area contributed by atoms with Gasteiger partial charge in [-0.1, -0.05) is 0 Å². The van der Waals surface area contributed by atoms with E-state index in [-0.39, 0.29) is 6.79 Å². The first kappa shape index (κ1) is 11.6. The smallest absolute Gasteiger partial charge is 0.369 e. The number of carbonyl (C=O) groups excluding carboxylic acids is 2. The molecule has 0 aliphatic rings. The Morgan fingerprint density at radius 2 is 1.92 bits per heavy atom. The van der Waals surface area contributed by atoms with Crippen LogP contribution in [-0.4, -0.2) is 22.3 Å². The summed E-state index contributed by atoms with van der Waals surface area (Å²) in [6.07, 6.45) is 0. The Labute approximate surface area is 83.7 Å². The summed E-state index contributed by atoms with van der Waals surface area (Å²) < 4.78 is 8.33. The highest BCUT2D eigenvalue weighted by atomic mass is 127. The quantitative estimate of drug-likeness (QED) is 0.359. The molecule has 0 atom stereocenters. The molecule has 12 heavy (non-hydrogen) atoms. The Morgan fingerprint density at radius 3 is 2.25 bits per heavy atom. The van der Waals surface area contributed by atoms with Crippen molar-refractivity contribution < 1.29 is 19.1 Å². The van der Waals surface area contributed by atoms with E-state index in [1.165, 1.54) is 36.4 Å². The number of esters is 1. The van der Waals surface area contributed by atoms with Gasteiger partial charge >= 0.3 is 9.95 Å². The van der Waals surface area contributed by atoms with Crippen molar-refractivity contribution in [2.75, 3.05) is 6.79 Å². The van der Waals surface area contributed by atoms with Crippen molar-refractivity contribution in [3.05, 3.63) is 0 Å². The molecule has 0 saturated heterocycles. The molecule has 5 nitrogen and oxygen atoms in total. The number of hydrogen-bond donors (Lipinski definition) is 1. The molecule has 0 aromatic carbocycles. The maximum absolute atomic E-state index is 10.9. The van der Waals surface area contributed by atoms with Gasteiger partial charge in [0, 0.05) is 0 Å². The minimum Gasteiger partial charge on any atom is -0.426 e. The minimum absolute atomic E-state index is 0.388. The lowest BCUT2D eigenvalue weighted by atomic mass is 10.1. The van der Waals surface area contributed by atoms with Crippen LogP contribution in [0, 0.1) is 0 Å². The van der Waals surface area contributed by atoms with Gasteiger partial charge in [-0.3, -0.25) is 0 Å². The molecular weight excluding hydrogens is 277 g/mol. The Balaban J connectivity index is 3.66. The van der Waals surface area contributed by atoms with Gasteiger partial charge in [0.25, 0.3) is 0 Å². The lowest BCUT2D eigenvalue weighted by molar-refractivity contribution is -0.156. The molecule has 0 bridgehead atoms. The molecule has 0 rings (SSSR count). The second kappa shape index (κ2) is 4.61. The molecule has 0 spiro atoms. The third-order valence-electron chi connectivity index (χ3n) is 0.889. The standard InChI is InChI=1S/C6H10INO4/c1-6(2,8)4(9)11-3-12-5(7)10/h3,8H2,1-2H3. The van der Waals surface area contributed by atoms with Crippen molar-refractivity contribution in [1.82, 2.24) is 0 Å². The predicted octanol–water partition coefficient (Wildman–Crippen LogP) is 0.796. The zero-order chi connectivity index (χ0) is 9.78. The Morgan fingerprint density at radius 1 is 1.42 bits per heavy atom. The van der Waals surface area contributed by atoms with E-state index in [1.807, 2.05) is 0 Å². The van der Waals surface area contributed by atoms with E-state index < -0.39 is 15.5 Å². The summed E-state index contributed by atoms with van der Waals surface area (Å²) in [4.78, 5) is 21.1. The van der Waals surface area contributed by atoms with Crippen molar-refractivity contribution in [3.8, 4) is 0 Å². The second-order valence-corrected chi connectivity index (χ2v) is 3.53. The molecule has 0 aromatic heterocycles. The summed E-state index contributed by atoms with van der Waals surface area (Å²) in [7, 11) is 0. The first-order valence-corrected chi connectivity index (χ1v) is 4.20. The van der Waals surface area contributed by atoms with Gasteiger partial charge in [0.2, 0.25) is 6.79 Å². The maximum atomic E-state index is 10.9. The molecule has 0 aromatic rings. The lowest BCUT2D eigenvalue weighted by Gasteiger charge is -2.15. The summed E-state index contributed by atoms with van der Waals surface area (Å²) >= 11 is 1.43. The van der Waals surface area contributed by atoms with Gasteiger partial charge in [-0.15, -0.1) is 0 Å². The van der Waals surface area contributed by atoms with Crippen LogP contribution < -0.4 is 5.73 Å². The monoisotopic (exact) mass is 287 g/mol. The molecule has 70 valence electrons. The second-order valence-electron chi connectivity index (χ2n) is 2.65. The summed E-state index contributed by atoms with van der Waals surface area (Å²) in [6.45, 7) is 2.61. The molecule has 0 heterocycles. The van der Waals surface area contributed by atoms with E-state index >= 15 is 0 Å². The van der Waals surface area contributed by atoms with Crippen LogP contribution in [0.15, 0.2) is 0 Å². The van der Waals surface area contributed by atoms with E-state index in [9.17, 15) is 9.59 Å². The minimum atomic E-state index is -1.06. The molecule has 0 aliphatic heterocycles. The SMILES string of the molecule is CC(C)(N)C(=O)OCOC(=O)I. The lowest BCUT2D eigenvalue weighted by Crippen LogP contribution is -2.43. The molecule has 0 amide bonds. The topological polar surface area (TPSA) is 78.6 Å². The fraction of sp³-hybridized carbons (Fsp3) is 0.667. The highest BCUT2D eigenvalue weighted by Gasteiger charge is 2.23. The highest BCUT2D eigenvalue weighted by molar-refractivity contribution is 14.1. The van der Waals surface area contributed by atoms with Crippen molar-refractivity contribution in [3.63, 3.8) is 0 Å². The summed E-state index contributed by atoms with van der Waals surface area (Å²) in [5, 5.41) is 0. The van der Waals surface area contributed by atoms with E-state index in [2.05, 4.69) is 9.47 Å². The summed E-state index contributed by atoms with van der Waals surface area (Å²) in [5.74, 6) is -0.611. The number of halogens is 1. The Bertz CT molecular complexity index is 186. The van der Waals surface area contributed by atoms with Gasteiger partial charge in [-0.25, -0.2) is 9.59 Å². The normalized spacial score (nSPS) is 10.7. The fourth-order valence-corrected chi connectivity index (χ4v) is 0.442. The zero-order valence-corrected chi connectivity index (χ0v) is 8.95. The molecular formula is C6H10INO4. The number of hydrogen-bond acceptors (Lipinski definition) is 5. The molecule has 0 unspecified atom stereocenters. The van der Waals surface area contributed by atoms with Gasteiger partial charge in [-0.05, 0) is 13.8 Å². The van der Waals surface area contributed by atoms with Gasteiger partial charge in [0.05, 0.1) is 22.6 Å². The molecule has 0 fully saturated rings. The van der Waals surface area contributed by atoms with Crippen LogP contribution >= 0.6 is 22.6 Å². The van der Waals surface area contributed by atoms with Crippen LogP contribution in [0.2, 0.25) is 0 Å². The first-order valence-electron chi connectivity index (χ1n) is 3.12. The van der Waals surface area contributed by atoms with Gasteiger partial charge in [0.15, 0.2) is 0 Å². The van der Waals surface area contributed by atoms with E-state index in [0.29, 0.717) is 0 Å². The van der Waals surface area contributed by atoms with Gasteiger partial charge in [-0.2, -0.15) is 0 Å². The number of nitrogens with two attached hydrogens (primary N) is 1. The zero-order valence-electron chi connectivity index (χ0n) is 6.80. The van der Waals surface area contributed by atoms with Crippen molar-refractivity contribution in [2.45, 2.75) is 19.4 Å². The van der Waals surface area contributed by atoms with Gasteiger partial charge < -0.3 is 15.2 Å². The largest absolute Gasteiger partial charge is 0.426 e.